The molecule has 0 heterocycles. The van der Waals surface area contributed by atoms with Crippen molar-refractivity contribution in [1.29, 1.82) is 0 Å². The molecule has 0 aromatic heterocycles. The Balaban J connectivity index is 5.22. The standard InChI is InChI=1S/C88H168O17P2/c1-7-10-12-14-16-18-20-22-24-25-26-27-28-32-36-39-43-47-51-58-64-70-85(90)98-76-83(104-87(92)72-67-61-53-49-45-41-37-33-30-29-31-35-38-42-46-50-57-63-69-81(6)9-3)78-102-106(94,95)100-74-82(89)75-101-107(96,97)103-79-84(77-99-86(91)71-65-59-55-54-56-62-68-80(4)5)105-88(93)73-66-60-52-48-44-40-34-23-21-19-17-15-13-11-8-2/h19,21,23,34,80-84,89H,7-18,20,22,24-33,35-79H2,1-6H3,(H,94,95)(H,96,97)/b21-19-,34-23-/t81?,82-,83-,84-/m1/s1. The van der Waals surface area contributed by atoms with Crippen LogP contribution in [0.4, 0.5) is 0 Å². The molecule has 0 aliphatic carbocycles. The van der Waals surface area contributed by atoms with Crippen molar-refractivity contribution >= 4 is 39.5 Å². The summed E-state index contributed by atoms with van der Waals surface area (Å²) in [7, 11) is -9.94. The molecule has 6 atom stereocenters. The number of esters is 4. The molecule has 0 fully saturated rings. The molecule has 107 heavy (non-hydrogen) atoms. The Hall–Kier alpha value is -2.46. The van der Waals surface area contributed by atoms with Crippen LogP contribution in [0.1, 0.15) is 446 Å². The fourth-order valence-electron chi connectivity index (χ4n) is 13.2. The van der Waals surface area contributed by atoms with E-state index in [0.29, 0.717) is 31.6 Å². The monoisotopic (exact) mass is 1560 g/mol. The number of aliphatic hydroxyl groups is 1. The number of allylic oxidation sites excluding steroid dienone is 4. The van der Waals surface area contributed by atoms with Gasteiger partial charge in [-0.05, 0) is 63.2 Å². The Morgan fingerprint density at radius 1 is 0.308 bits per heavy atom. The van der Waals surface area contributed by atoms with Crippen LogP contribution in [0.25, 0.3) is 0 Å². The average molecular weight is 1560 g/mol. The first-order valence-corrected chi connectivity index (χ1v) is 47.8. The Bertz CT molecular complexity index is 2140. The maximum Gasteiger partial charge on any atom is 0.472 e. The summed E-state index contributed by atoms with van der Waals surface area (Å²) >= 11 is 0. The first kappa shape index (κ1) is 105. The lowest BCUT2D eigenvalue weighted by Gasteiger charge is -2.21. The maximum atomic E-state index is 13.2. The molecule has 0 bridgehead atoms. The minimum Gasteiger partial charge on any atom is -0.462 e. The van der Waals surface area contributed by atoms with Crippen LogP contribution in [0.3, 0.4) is 0 Å². The van der Waals surface area contributed by atoms with Crippen molar-refractivity contribution in [3.63, 3.8) is 0 Å². The van der Waals surface area contributed by atoms with Crippen molar-refractivity contribution in [1.82, 2.24) is 0 Å². The second kappa shape index (κ2) is 78.8. The first-order valence-electron chi connectivity index (χ1n) is 44.8. The van der Waals surface area contributed by atoms with E-state index in [1.807, 2.05) is 0 Å². The average Bonchev–Trinajstić information content (AvgIpc) is 0.901. The van der Waals surface area contributed by atoms with Crippen LogP contribution in [0.2, 0.25) is 0 Å². The molecule has 0 aliphatic rings. The molecule has 632 valence electrons. The Labute approximate surface area is 656 Å². The van der Waals surface area contributed by atoms with Crippen LogP contribution in [0.5, 0.6) is 0 Å². The zero-order chi connectivity index (χ0) is 78.5. The van der Waals surface area contributed by atoms with Gasteiger partial charge < -0.3 is 33.8 Å². The van der Waals surface area contributed by atoms with Gasteiger partial charge >= 0.3 is 39.5 Å². The van der Waals surface area contributed by atoms with Crippen molar-refractivity contribution < 1.29 is 80.2 Å². The van der Waals surface area contributed by atoms with Gasteiger partial charge in [0, 0.05) is 25.7 Å². The molecule has 0 aromatic rings. The highest BCUT2D eigenvalue weighted by Crippen LogP contribution is 2.45. The molecule has 0 saturated heterocycles. The van der Waals surface area contributed by atoms with E-state index in [2.05, 4.69) is 65.8 Å². The number of ether oxygens (including phenoxy) is 4. The molecule has 0 radical (unpaired) electrons. The molecule has 3 N–H and O–H groups in total. The van der Waals surface area contributed by atoms with Gasteiger partial charge in [-0.15, -0.1) is 0 Å². The van der Waals surface area contributed by atoms with Gasteiger partial charge in [0.05, 0.1) is 26.4 Å². The molecule has 3 unspecified atom stereocenters. The molecule has 0 saturated carbocycles. The van der Waals surface area contributed by atoms with Crippen molar-refractivity contribution in [3.05, 3.63) is 24.3 Å². The highest BCUT2D eigenvalue weighted by atomic mass is 31.2. The zero-order valence-corrected chi connectivity index (χ0v) is 71.7. The van der Waals surface area contributed by atoms with Gasteiger partial charge in [-0.25, -0.2) is 9.13 Å². The predicted molar refractivity (Wildman–Crippen MR) is 441 cm³/mol. The van der Waals surface area contributed by atoms with Crippen molar-refractivity contribution in [2.45, 2.75) is 464 Å². The molecule has 19 heteroatoms. The van der Waals surface area contributed by atoms with E-state index in [4.69, 9.17) is 37.0 Å². The summed E-state index contributed by atoms with van der Waals surface area (Å²) < 4.78 is 68.8. The normalized spacial score (nSPS) is 14.2. The van der Waals surface area contributed by atoms with Crippen LogP contribution in [0.15, 0.2) is 24.3 Å². The third-order valence-electron chi connectivity index (χ3n) is 20.4. The number of hydrogen-bond donors (Lipinski definition) is 3. The molecule has 0 amide bonds. The summed E-state index contributed by atoms with van der Waals surface area (Å²) in [5, 5.41) is 10.7. The summed E-state index contributed by atoms with van der Waals surface area (Å²) in [6.07, 6.45) is 74.7. The third-order valence-corrected chi connectivity index (χ3v) is 22.3. The van der Waals surface area contributed by atoms with Gasteiger partial charge in [0.15, 0.2) is 12.2 Å². The highest BCUT2D eigenvalue weighted by molar-refractivity contribution is 7.47. The largest absolute Gasteiger partial charge is 0.472 e. The molecule has 0 rings (SSSR count). The van der Waals surface area contributed by atoms with Crippen LogP contribution in [0, 0.1) is 11.8 Å². The second-order valence-corrected chi connectivity index (χ2v) is 34.6. The first-order chi connectivity index (χ1) is 51.9. The van der Waals surface area contributed by atoms with Crippen LogP contribution in [-0.2, 0) is 65.4 Å². The summed E-state index contributed by atoms with van der Waals surface area (Å²) in [5.74, 6) is -0.589. The van der Waals surface area contributed by atoms with Gasteiger partial charge in [-0.2, -0.15) is 0 Å². The van der Waals surface area contributed by atoms with Gasteiger partial charge in [-0.1, -0.05) is 393 Å². The number of hydrogen-bond acceptors (Lipinski definition) is 15. The van der Waals surface area contributed by atoms with Crippen LogP contribution >= 0.6 is 15.6 Å². The predicted octanol–water partition coefficient (Wildman–Crippen LogP) is 26.6. The fourth-order valence-corrected chi connectivity index (χ4v) is 14.8. The number of carbonyl (C=O) groups excluding carboxylic acids is 4. The second-order valence-electron chi connectivity index (χ2n) is 31.7. The molecular formula is C88H168O17P2. The van der Waals surface area contributed by atoms with Crippen LogP contribution in [-0.4, -0.2) is 96.7 Å². The van der Waals surface area contributed by atoms with Gasteiger partial charge in [0.1, 0.15) is 19.3 Å². The van der Waals surface area contributed by atoms with Gasteiger partial charge in [-0.3, -0.25) is 37.3 Å². The quantitative estimate of drug-likeness (QED) is 0.0169. The van der Waals surface area contributed by atoms with Crippen molar-refractivity contribution in [2.24, 2.45) is 11.8 Å². The van der Waals surface area contributed by atoms with Gasteiger partial charge in [0.25, 0.3) is 0 Å². The summed E-state index contributed by atoms with van der Waals surface area (Å²) in [6.45, 7) is 9.58. The molecule has 0 aliphatic heterocycles. The lowest BCUT2D eigenvalue weighted by molar-refractivity contribution is -0.161. The highest BCUT2D eigenvalue weighted by Gasteiger charge is 2.30. The van der Waals surface area contributed by atoms with E-state index < -0.39 is 97.5 Å². The fraction of sp³-hybridized carbons (Fsp3) is 0.909. The molecule has 0 spiro atoms. The Morgan fingerprint density at radius 2 is 0.551 bits per heavy atom. The van der Waals surface area contributed by atoms with E-state index in [0.717, 1.165) is 115 Å². The van der Waals surface area contributed by atoms with Crippen molar-refractivity contribution in [3.8, 4) is 0 Å². The smallest absolute Gasteiger partial charge is 0.462 e. The van der Waals surface area contributed by atoms with E-state index in [1.54, 1.807) is 0 Å². The minimum absolute atomic E-state index is 0.0843. The number of phosphoric acid groups is 2. The topological polar surface area (TPSA) is 237 Å². The lowest BCUT2D eigenvalue weighted by Crippen LogP contribution is -2.30. The number of unbranched alkanes of at least 4 members (excludes halogenated alkanes) is 51. The third kappa shape index (κ3) is 80.0. The SMILES string of the molecule is CCCCCC/C=C\C=C/CCCCCCCC(=O)O[C@H](COC(=O)CCCCCCCCC(C)C)COP(=O)(O)OC[C@H](O)COP(=O)(O)OC[C@@H](COC(=O)CCCCCCCCCCCCCCCCCCCCCCC)OC(=O)CCCCCCCCCCCCCCCCCCCCC(C)CC. The number of carbonyl (C=O) groups is 4. The Kier molecular flexibility index (Phi) is 77.0. The van der Waals surface area contributed by atoms with Crippen LogP contribution < -0.4 is 0 Å². The summed E-state index contributed by atoms with van der Waals surface area (Å²) in [4.78, 5) is 73.2. The summed E-state index contributed by atoms with van der Waals surface area (Å²) in [5.41, 5.74) is 0. The number of aliphatic hydroxyl groups excluding tert-OH is 1. The Morgan fingerprint density at radius 3 is 0.841 bits per heavy atom. The van der Waals surface area contributed by atoms with E-state index in [1.165, 1.54) is 244 Å². The van der Waals surface area contributed by atoms with Crippen molar-refractivity contribution in [2.75, 3.05) is 39.6 Å². The minimum atomic E-state index is -4.97. The molecule has 0 aromatic carbocycles. The zero-order valence-electron chi connectivity index (χ0n) is 69.9. The van der Waals surface area contributed by atoms with Gasteiger partial charge in [0.2, 0.25) is 0 Å². The number of rotatable bonds is 85. The van der Waals surface area contributed by atoms with E-state index in [-0.39, 0.29) is 25.7 Å². The molecular weight excluding hydrogens is 1390 g/mol. The lowest BCUT2D eigenvalue weighted by atomic mass is 9.99. The van der Waals surface area contributed by atoms with E-state index in [9.17, 15) is 43.2 Å². The summed E-state index contributed by atoms with van der Waals surface area (Å²) in [6, 6.07) is 0. The maximum absolute atomic E-state index is 13.2. The van der Waals surface area contributed by atoms with E-state index >= 15 is 0 Å². The molecule has 17 nitrogen and oxygen atoms in total. The number of phosphoric ester groups is 2.